The monoisotopic (exact) mass is 384 g/mol. The van der Waals surface area contributed by atoms with Gasteiger partial charge in [0.25, 0.3) is 11.8 Å². The number of aryl methyl sites for hydroxylation is 1. The molecule has 3 aromatic heterocycles. The molecule has 140 valence electrons. The van der Waals surface area contributed by atoms with Crippen molar-refractivity contribution in [3.63, 3.8) is 0 Å². The van der Waals surface area contributed by atoms with Crippen LogP contribution in [0.4, 0.5) is 0 Å². The standard InChI is InChI=1S/C19H20N4O3S/c1-13-4-5-16(27-13)19(24)23-10-2-3-15(11-23)25-12-17-21-18(22-26-17)14-6-8-20-9-7-14/h4-9,15H,2-3,10-12H2,1H3. The Balaban J connectivity index is 1.33. The highest BCUT2D eigenvalue weighted by molar-refractivity contribution is 7.13. The van der Waals surface area contributed by atoms with Crippen molar-refractivity contribution in [1.29, 1.82) is 0 Å². The number of nitrogens with zero attached hydrogens (tertiary/aromatic N) is 4. The maximum atomic E-state index is 12.6. The first-order chi connectivity index (χ1) is 13.2. The van der Waals surface area contributed by atoms with Crippen molar-refractivity contribution in [2.24, 2.45) is 0 Å². The third-order valence-electron chi connectivity index (χ3n) is 4.47. The van der Waals surface area contributed by atoms with Crippen molar-refractivity contribution in [2.75, 3.05) is 13.1 Å². The molecule has 1 atom stereocenters. The van der Waals surface area contributed by atoms with Gasteiger partial charge in [-0.1, -0.05) is 5.16 Å². The minimum atomic E-state index is -0.0277. The van der Waals surface area contributed by atoms with E-state index in [1.165, 1.54) is 11.3 Å². The van der Waals surface area contributed by atoms with Crippen LogP contribution in [0.25, 0.3) is 11.4 Å². The van der Waals surface area contributed by atoms with Gasteiger partial charge in [0.1, 0.15) is 6.61 Å². The van der Waals surface area contributed by atoms with Crippen LogP contribution < -0.4 is 0 Å². The summed E-state index contributed by atoms with van der Waals surface area (Å²) in [5.74, 6) is 1.03. The lowest BCUT2D eigenvalue weighted by molar-refractivity contribution is -0.0152. The van der Waals surface area contributed by atoms with Crippen LogP contribution in [0.5, 0.6) is 0 Å². The number of ether oxygens (including phenoxy) is 1. The van der Waals surface area contributed by atoms with E-state index in [0.717, 1.165) is 34.7 Å². The van der Waals surface area contributed by atoms with E-state index in [1.54, 1.807) is 12.4 Å². The first-order valence-corrected chi connectivity index (χ1v) is 9.71. The van der Waals surface area contributed by atoms with Gasteiger partial charge in [-0.2, -0.15) is 4.98 Å². The van der Waals surface area contributed by atoms with Gasteiger partial charge in [0.2, 0.25) is 5.82 Å². The summed E-state index contributed by atoms with van der Waals surface area (Å²) in [6.07, 6.45) is 5.18. The lowest BCUT2D eigenvalue weighted by atomic mass is 10.1. The Morgan fingerprint density at radius 1 is 1.33 bits per heavy atom. The molecule has 1 fully saturated rings. The molecule has 3 aromatic rings. The zero-order valence-corrected chi connectivity index (χ0v) is 15.8. The van der Waals surface area contributed by atoms with Gasteiger partial charge in [0.05, 0.1) is 11.0 Å². The van der Waals surface area contributed by atoms with Crippen LogP contribution in [-0.2, 0) is 11.3 Å². The molecule has 0 N–H and O–H groups in total. The van der Waals surface area contributed by atoms with E-state index in [-0.39, 0.29) is 18.6 Å². The molecule has 1 saturated heterocycles. The smallest absolute Gasteiger partial charge is 0.264 e. The molecule has 1 unspecified atom stereocenters. The Bertz CT molecular complexity index is 909. The highest BCUT2D eigenvalue weighted by Gasteiger charge is 2.26. The van der Waals surface area contributed by atoms with Gasteiger partial charge >= 0.3 is 0 Å². The molecule has 1 amide bonds. The fourth-order valence-corrected chi connectivity index (χ4v) is 3.92. The molecule has 0 aliphatic carbocycles. The van der Waals surface area contributed by atoms with Crippen molar-refractivity contribution in [3.8, 4) is 11.4 Å². The molecule has 1 aliphatic heterocycles. The van der Waals surface area contributed by atoms with E-state index in [1.807, 2.05) is 36.1 Å². The van der Waals surface area contributed by atoms with Crippen LogP contribution in [0.1, 0.15) is 33.3 Å². The lowest BCUT2D eigenvalue weighted by Gasteiger charge is -2.32. The molecule has 8 heteroatoms. The summed E-state index contributed by atoms with van der Waals surface area (Å²) in [6.45, 7) is 3.60. The first kappa shape index (κ1) is 17.8. The number of likely N-dealkylation sites (tertiary alicyclic amines) is 1. The predicted octanol–water partition coefficient (Wildman–Crippen LogP) is 3.32. The molecule has 1 aliphatic rings. The second-order valence-electron chi connectivity index (χ2n) is 6.48. The molecule has 0 spiro atoms. The highest BCUT2D eigenvalue weighted by atomic mass is 32.1. The molecule has 4 heterocycles. The van der Waals surface area contributed by atoms with Crippen LogP contribution in [0.15, 0.2) is 41.2 Å². The number of pyridine rings is 1. The number of rotatable bonds is 5. The Labute approximate surface area is 161 Å². The minimum Gasteiger partial charge on any atom is -0.367 e. The largest absolute Gasteiger partial charge is 0.367 e. The average molecular weight is 384 g/mol. The summed E-state index contributed by atoms with van der Waals surface area (Å²) >= 11 is 1.53. The molecule has 27 heavy (non-hydrogen) atoms. The Morgan fingerprint density at radius 2 is 2.19 bits per heavy atom. The van der Waals surface area contributed by atoms with Crippen molar-refractivity contribution < 1.29 is 14.1 Å². The fraction of sp³-hybridized carbons (Fsp3) is 0.368. The Hall–Kier alpha value is -2.58. The van der Waals surface area contributed by atoms with Gasteiger partial charge in [-0.3, -0.25) is 9.78 Å². The van der Waals surface area contributed by atoms with E-state index in [4.69, 9.17) is 9.26 Å². The third-order valence-corrected chi connectivity index (χ3v) is 5.45. The molecular weight excluding hydrogens is 364 g/mol. The summed E-state index contributed by atoms with van der Waals surface area (Å²) in [4.78, 5) is 24.8. The highest BCUT2D eigenvalue weighted by Crippen LogP contribution is 2.22. The summed E-state index contributed by atoms with van der Waals surface area (Å²) < 4.78 is 11.2. The summed E-state index contributed by atoms with van der Waals surface area (Å²) in [5.41, 5.74) is 0.848. The van der Waals surface area contributed by atoms with Crippen LogP contribution in [0, 0.1) is 6.92 Å². The van der Waals surface area contributed by atoms with Gasteiger partial charge in [-0.05, 0) is 44.0 Å². The average Bonchev–Trinajstić information content (AvgIpc) is 3.36. The number of piperidine rings is 1. The molecular formula is C19H20N4O3S. The van der Waals surface area contributed by atoms with E-state index in [9.17, 15) is 4.79 Å². The van der Waals surface area contributed by atoms with Gasteiger partial charge in [-0.15, -0.1) is 11.3 Å². The Morgan fingerprint density at radius 3 is 2.96 bits per heavy atom. The number of aromatic nitrogens is 3. The van der Waals surface area contributed by atoms with Gasteiger partial charge in [0.15, 0.2) is 0 Å². The van der Waals surface area contributed by atoms with E-state index < -0.39 is 0 Å². The fourth-order valence-electron chi connectivity index (χ4n) is 3.08. The molecule has 0 bridgehead atoms. The first-order valence-electron chi connectivity index (χ1n) is 8.89. The zero-order valence-electron chi connectivity index (χ0n) is 15.0. The molecule has 4 rings (SSSR count). The lowest BCUT2D eigenvalue weighted by Crippen LogP contribution is -2.43. The van der Waals surface area contributed by atoms with Crippen molar-refractivity contribution in [1.82, 2.24) is 20.0 Å². The van der Waals surface area contributed by atoms with E-state index >= 15 is 0 Å². The van der Waals surface area contributed by atoms with Crippen molar-refractivity contribution in [3.05, 3.63) is 52.3 Å². The number of hydrogen-bond acceptors (Lipinski definition) is 7. The summed E-state index contributed by atoms with van der Waals surface area (Å²) in [6, 6.07) is 7.52. The number of carbonyl (C=O) groups is 1. The second-order valence-corrected chi connectivity index (χ2v) is 7.77. The number of hydrogen-bond donors (Lipinski definition) is 0. The second kappa shape index (κ2) is 7.98. The van der Waals surface area contributed by atoms with Gasteiger partial charge < -0.3 is 14.2 Å². The zero-order chi connectivity index (χ0) is 18.6. The van der Waals surface area contributed by atoms with Crippen LogP contribution >= 0.6 is 11.3 Å². The van der Waals surface area contributed by atoms with Crippen molar-refractivity contribution in [2.45, 2.75) is 32.5 Å². The van der Waals surface area contributed by atoms with Crippen molar-refractivity contribution >= 4 is 17.2 Å². The summed E-state index contributed by atoms with van der Waals surface area (Å²) in [5, 5.41) is 3.98. The van der Waals surface area contributed by atoms with Crippen LogP contribution in [-0.4, -0.2) is 45.1 Å². The quantitative estimate of drug-likeness (QED) is 0.671. The molecule has 0 saturated carbocycles. The Kier molecular flexibility index (Phi) is 5.26. The van der Waals surface area contributed by atoms with Gasteiger partial charge in [-0.25, -0.2) is 0 Å². The number of carbonyl (C=O) groups excluding carboxylic acids is 1. The maximum Gasteiger partial charge on any atom is 0.264 e. The third kappa shape index (κ3) is 4.23. The molecule has 0 radical (unpaired) electrons. The molecule has 0 aromatic carbocycles. The SMILES string of the molecule is Cc1ccc(C(=O)N2CCCC(OCc3nc(-c4ccncc4)no3)C2)s1. The predicted molar refractivity (Wildman–Crippen MR) is 100 cm³/mol. The number of amides is 1. The normalized spacial score (nSPS) is 17.2. The van der Waals surface area contributed by atoms with Crippen LogP contribution in [0.2, 0.25) is 0 Å². The molecule has 7 nitrogen and oxygen atoms in total. The van der Waals surface area contributed by atoms with E-state index in [0.29, 0.717) is 18.3 Å². The maximum absolute atomic E-state index is 12.6. The minimum absolute atomic E-state index is 0.0277. The summed E-state index contributed by atoms with van der Waals surface area (Å²) in [7, 11) is 0. The topological polar surface area (TPSA) is 81.4 Å². The van der Waals surface area contributed by atoms with Crippen LogP contribution in [0.3, 0.4) is 0 Å². The number of thiophene rings is 1. The van der Waals surface area contributed by atoms with Gasteiger partial charge in [0, 0.05) is 35.9 Å². The van der Waals surface area contributed by atoms with E-state index in [2.05, 4.69) is 15.1 Å².